The van der Waals surface area contributed by atoms with E-state index in [0.717, 1.165) is 12.1 Å². The van der Waals surface area contributed by atoms with Gasteiger partial charge in [-0.25, -0.2) is 0 Å². The van der Waals surface area contributed by atoms with Gasteiger partial charge in [0.05, 0.1) is 19.8 Å². The van der Waals surface area contributed by atoms with Gasteiger partial charge in [0, 0.05) is 11.7 Å². The van der Waals surface area contributed by atoms with Crippen molar-refractivity contribution in [1.29, 1.82) is 0 Å². The van der Waals surface area contributed by atoms with E-state index in [9.17, 15) is 4.79 Å². The Labute approximate surface area is 130 Å². The number of nitrogens with zero attached hydrogens (tertiary/aromatic N) is 1. The van der Waals surface area contributed by atoms with Gasteiger partial charge < -0.3 is 14.4 Å². The van der Waals surface area contributed by atoms with Gasteiger partial charge in [-0.15, -0.1) is 0 Å². The fourth-order valence-corrected chi connectivity index (χ4v) is 3.06. The molecule has 3 rings (SSSR count). The van der Waals surface area contributed by atoms with Gasteiger partial charge in [0.2, 0.25) is 0 Å². The molecule has 2 aromatic rings. The van der Waals surface area contributed by atoms with E-state index in [1.807, 2.05) is 23.1 Å². The average Bonchev–Trinajstić information content (AvgIpc) is 2.89. The summed E-state index contributed by atoms with van der Waals surface area (Å²) in [7, 11) is 3.12. The Morgan fingerprint density at radius 3 is 2.59 bits per heavy atom. The minimum atomic E-state index is -0.0619. The van der Waals surface area contributed by atoms with Crippen molar-refractivity contribution in [2.24, 2.45) is 0 Å². The topological polar surface area (TPSA) is 38.8 Å². The molecular formula is C18H19NO3. The lowest BCUT2D eigenvalue weighted by Gasteiger charge is -2.24. The summed E-state index contributed by atoms with van der Waals surface area (Å²) in [6, 6.07) is 13.5. The van der Waals surface area contributed by atoms with E-state index in [-0.39, 0.29) is 11.9 Å². The first kappa shape index (κ1) is 14.4. The van der Waals surface area contributed by atoms with Crippen LogP contribution in [0.4, 0.5) is 5.69 Å². The van der Waals surface area contributed by atoms with Crippen LogP contribution in [0.25, 0.3) is 0 Å². The Kier molecular flexibility index (Phi) is 3.75. The van der Waals surface area contributed by atoms with Crippen LogP contribution in [-0.2, 0) is 6.42 Å². The molecule has 1 amide bonds. The first-order valence-electron chi connectivity index (χ1n) is 7.29. The first-order valence-corrected chi connectivity index (χ1v) is 7.29. The fourth-order valence-electron chi connectivity index (χ4n) is 3.06. The zero-order valence-electron chi connectivity index (χ0n) is 13.0. The quantitative estimate of drug-likeness (QED) is 0.872. The van der Waals surface area contributed by atoms with Gasteiger partial charge in [-0.2, -0.15) is 0 Å². The van der Waals surface area contributed by atoms with E-state index < -0.39 is 0 Å². The maximum absolute atomic E-state index is 13.1. The van der Waals surface area contributed by atoms with Gasteiger partial charge in [0.1, 0.15) is 0 Å². The second-order valence-electron chi connectivity index (χ2n) is 5.40. The Hall–Kier alpha value is -2.49. The summed E-state index contributed by atoms with van der Waals surface area (Å²) < 4.78 is 10.7. The van der Waals surface area contributed by atoms with Gasteiger partial charge in [0.25, 0.3) is 5.91 Å². The monoisotopic (exact) mass is 297 g/mol. The summed E-state index contributed by atoms with van der Waals surface area (Å²) >= 11 is 0. The third kappa shape index (κ3) is 2.21. The van der Waals surface area contributed by atoms with Crippen LogP contribution in [0.15, 0.2) is 42.5 Å². The summed E-state index contributed by atoms with van der Waals surface area (Å²) in [5.74, 6) is 0.980. The number of benzene rings is 2. The van der Waals surface area contributed by atoms with E-state index in [2.05, 4.69) is 13.0 Å². The predicted octanol–water partition coefficient (Wildman–Crippen LogP) is 3.30. The maximum atomic E-state index is 13.1. The molecule has 2 aromatic carbocycles. The summed E-state index contributed by atoms with van der Waals surface area (Å²) in [5, 5.41) is 0. The highest BCUT2D eigenvalue weighted by molar-refractivity contribution is 6.09. The molecule has 1 atom stereocenters. The second-order valence-corrected chi connectivity index (χ2v) is 5.40. The highest BCUT2D eigenvalue weighted by Gasteiger charge is 2.33. The molecule has 4 heteroatoms. The summed E-state index contributed by atoms with van der Waals surface area (Å²) in [6.45, 7) is 2.06. The normalized spacial score (nSPS) is 16.3. The number of anilines is 1. The van der Waals surface area contributed by atoms with Gasteiger partial charge in [-0.05, 0) is 37.1 Å². The van der Waals surface area contributed by atoms with E-state index in [0.29, 0.717) is 17.1 Å². The van der Waals surface area contributed by atoms with Crippen molar-refractivity contribution in [2.75, 3.05) is 19.1 Å². The molecule has 22 heavy (non-hydrogen) atoms. The molecule has 0 saturated heterocycles. The number of para-hydroxylation sites is 2. The minimum Gasteiger partial charge on any atom is -0.493 e. The van der Waals surface area contributed by atoms with Crippen LogP contribution in [0.1, 0.15) is 22.8 Å². The van der Waals surface area contributed by atoms with E-state index in [1.165, 1.54) is 5.56 Å². The third-order valence-corrected chi connectivity index (χ3v) is 4.06. The number of carbonyl (C=O) groups is 1. The van der Waals surface area contributed by atoms with Gasteiger partial charge in [-0.1, -0.05) is 24.3 Å². The van der Waals surface area contributed by atoms with Gasteiger partial charge in [-0.3, -0.25) is 4.79 Å². The number of hydrogen-bond acceptors (Lipinski definition) is 3. The van der Waals surface area contributed by atoms with Crippen LogP contribution < -0.4 is 14.4 Å². The maximum Gasteiger partial charge on any atom is 0.262 e. The number of carbonyl (C=O) groups excluding carboxylic acids is 1. The molecular weight excluding hydrogens is 278 g/mol. The second kappa shape index (κ2) is 5.72. The average molecular weight is 297 g/mol. The molecule has 1 aliphatic heterocycles. The standard InChI is InChI=1S/C18H19NO3/c1-12-11-13-7-4-5-9-15(13)19(12)18(20)14-8-6-10-16(21-2)17(14)22-3/h4-10,12H,11H2,1-3H3/t12-/m1/s1. The molecule has 0 N–H and O–H groups in total. The molecule has 4 nitrogen and oxygen atoms in total. The van der Waals surface area contributed by atoms with Crippen molar-refractivity contribution in [3.8, 4) is 11.5 Å². The summed E-state index contributed by atoms with van der Waals surface area (Å²) in [5.41, 5.74) is 2.69. The number of hydrogen-bond donors (Lipinski definition) is 0. The predicted molar refractivity (Wildman–Crippen MR) is 86.0 cm³/mol. The largest absolute Gasteiger partial charge is 0.493 e. The molecule has 0 saturated carbocycles. The zero-order chi connectivity index (χ0) is 15.7. The van der Waals surface area contributed by atoms with Crippen LogP contribution >= 0.6 is 0 Å². The number of amides is 1. The smallest absolute Gasteiger partial charge is 0.262 e. The van der Waals surface area contributed by atoms with Crippen molar-refractivity contribution in [2.45, 2.75) is 19.4 Å². The SMILES string of the molecule is COc1cccc(C(=O)N2c3ccccc3C[C@H]2C)c1OC. The van der Waals surface area contributed by atoms with E-state index in [4.69, 9.17) is 9.47 Å². The van der Waals surface area contributed by atoms with Gasteiger partial charge in [0.15, 0.2) is 11.5 Å². The third-order valence-electron chi connectivity index (χ3n) is 4.06. The Balaban J connectivity index is 2.05. The van der Waals surface area contributed by atoms with Crippen molar-refractivity contribution < 1.29 is 14.3 Å². The summed E-state index contributed by atoms with van der Waals surface area (Å²) in [4.78, 5) is 14.9. The molecule has 0 bridgehead atoms. The number of methoxy groups -OCH3 is 2. The first-order chi connectivity index (χ1) is 10.7. The van der Waals surface area contributed by atoms with Crippen molar-refractivity contribution in [3.63, 3.8) is 0 Å². The number of fused-ring (bicyclic) bond motifs is 1. The molecule has 0 aliphatic carbocycles. The molecule has 0 fully saturated rings. The minimum absolute atomic E-state index is 0.0619. The van der Waals surface area contributed by atoms with Gasteiger partial charge >= 0.3 is 0 Å². The van der Waals surface area contributed by atoms with Crippen LogP contribution in [0.5, 0.6) is 11.5 Å². The van der Waals surface area contributed by atoms with Crippen molar-refractivity contribution in [1.82, 2.24) is 0 Å². The Morgan fingerprint density at radius 2 is 1.86 bits per heavy atom. The molecule has 1 aliphatic rings. The molecule has 0 spiro atoms. The molecule has 114 valence electrons. The van der Waals surface area contributed by atoms with Crippen LogP contribution in [-0.4, -0.2) is 26.2 Å². The van der Waals surface area contributed by atoms with Crippen LogP contribution in [0.3, 0.4) is 0 Å². The lowest BCUT2D eigenvalue weighted by molar-refractivity contribution is 0.0978. The lowest BCUT2D eigenvalue weighted by Crippen LogP contribution is -2.35. The molecule has 1 heterocycles. The number of rotatable bonds is 3. The highest BCUT2D eigenvalue weighted by Crippen LogP contribution is 2.37. The fraction of sp³-hybridized carbons (Fsp3) is 0.278. The van der Waals surface area contributed by atoms with Crippen molar-refractivity contribution in [3.05, 3.63) is 53.6 Å². The Morgan fingerprint density at radius 1 is 1.09 bits per heavy atom. The molecule has 0 radical (unpaired) electrons. The molecule has 0 aromatic heterocycles. The van der Waals surface area contributed by atoms with E-state index >= 15 is 0 Å². The highest BCUT2D eigenvalue weighted by atomic mass is 16.5. The lowest BCUT2D eigenvalue weighted by atomic mass is 10.1. The van der Waals surface area contributed by atoms with Crippen LogP contribution in [0.2, 0.25) is 0 Å². The zero-order valence-corrected chi connectivity index (χ0v) is 13.0. The van der Waals surface area contributed by atoms with Crippen LogP contribution in [0, 0.1) is 0 Å². The molecule has 0 unspecified atom stereocenters. The number of ether oxygens (including phenoxy) is 2. The van der Waals surface area contributed by atoms with E-state index in [1.54, 1.807) is 32.4 Å². The van der Waals surface area contributed by atoms with Crippen molar-refractivity contribution >= 4 is 11.6 Å². The Bertz CT molecular complexity index is 711. The summed E-state index contributed by atoms with van der Waals surface area (Å²) in [6.07, 6.45) is 0.869.